The van der Waals surface area contributed by atoms with Gasteiger partial charge < -0.3 is 4.90 Å². The molecule has 19 heavy (non-hydrogen) atoms. The molecule has 1 saturated carbocycles. The van der Waals surface area contributed by atoms with Gasteiger partial charge >= 0.3 is 0 Å². The van der Waals surface area contributed by atoms with Crippen molar-refractivity contribution in [3.05, 3.63) is 35.6 Å². The van der Waals surface area contributed by atoms with Crippen LogP contribution in [0.5, 0.6) is 0 Å². The normalized spacial score (nSPS) is 24.8. The number of halogens is 1. The zero-order valence-electron chi connectivity index (χ0n) is 11.1. The molecule has 2 atom stereocenters. The molecular weight excluding hydrogens is 243 g/mol. The average Bonchev–Trinajstić information content (AvgIpc) is 3.11. The van der Waals surface area contributed by atoms with Crippen LogP contribution in [0.15, 0.2) is 24.3 Å². The van der Waals surface area contributed by atoms with Crippen LogP contribution < -0.4 is 5.32 Å². The molecule has 1 aliphatic heterocycles. The maximum absolute atomic E-state index is 13.0. The molecule has 1 aromatic carbocycles. The zero-order valence-corrected chi connectivity index (χ0v) is 11.1. The molecule has 1 amide bonds. The van der Waals surface area contributed by atoms with Crippen LogP contribution in [0, 0.1) is 11.7 Å². The van der Waals surface area contributed by atoms with E-state index in [9.17, 15) is 9.18 Å². The molecule has 3 rings (SSSR count). The lowest BCUT2D eigenvalue weighted by molar-refractivity contribution is -0.130. The summed E-state index contributed by atoms with van der Waals surface area (Å²) >= 11 is 0. The Morgan fingerprint density at radius 2 is 2.05 bits per heavy atom. The molecule has 102 valence electrons. The van der Waals surface area contributed by atoms with Crippen molar-refractivity contribution in [2.75, 3.05) is 6.54 Å². The summed E-state index contributed by atoms with van der Waals surface area (Å²) in [5, 5.41) is 3.22. The molecule has 1 heterocycles. The van der Waals surface area contributed by atoms with Crippen LogP contribution in [0.3, 0.4) is 0 Å². The summed E-state index contributed by atoms with van der Waals surface area (Å²) in [6.45, 7) is 2.48. The van der Waals surface area contributed by atoms with Gasteiger partial charge in [-0.25, -0.2) is 4.39 Å². The average molecular weight is 262 g/mol. The van der Waals surface area contributed by atoms with E-state index in [1.165, 1.54) is 25.0 Å². The number of amides is 1. The molecule has 2 fully saturated rings. The van der Waals surface area contributed by atoms with Gasteiger partial charge in [-0.05, 0) is 37.0 Å². The Balaban J connectivity index is 1.78. The van der Waals surface area contributed by atoms with Gasteiger partial charge in [-0.2, -0.15) is 0 Å². The maximum Gasteiger partial charge on any atom is 0.238 e. The Kier molecular flexibility index (Phi) is 3.27. The lowest BCUT2D eigenvalue weighted by Crippen LogP contribution is -2.38. The van der Waals surface area contributed by atoms with Gasteiger partial charge in [0, 0.05) is 6.04 Å². The maximum atomic E-state index is 13.0. The highest BCUT2D eigenvalue weighted by Crippen LogP contribution is 2.36. The summed E-state index contributed by atoms with van der Waals surface area (Å²) < 4.78 is 13.0. The number of hydrogen-bond donors (Lipinski definition) is 1. The van der Waals surface area contributed by atoms with E-state index in [-0.39, 0.29) is 23.9 Å². The second kappa shape index (κ2) is 4.93. The predicted octanol–water partition coefficient (Wildman–Crippen LogP) is 2.44. The minimum atomic E-state index is -0.245. The van der Waals surface area contributed by atoms with Crippen molar-refractivity contribution >= 4 is 5.91 Å². The molecule has 1 aliphatic carbocycles. The van der Waals surface area contributed by atoms with E-state index in [4.69, 9.17) is 0 Å². The first-order chi connectivity index (χ1) is 9.15. The van der Waals surface area contributed by atoms with Crippen LogP contribution in [0.4, 0.5) is 4.39 Å². The molecular formula is C15H19FN2O. The number of rotatable bonds is 4. The summed E-state index contributed by atoms with van der Waals surface area (Å²) in [5.74, 6) is 0.686. The van der Waals surface area contributed by atoms with E-state index in [1.54, 1.807) is 12.1 Å². The Labute approximate surface area is 112 Å². The summed E-state index contributed by atoms with van der Waals surface area (Å²) in [6.07, 6.45) is 3.55. The van der Waals surface area contributed by atoms with Gasteiger partial charge in [0.2, 0.25) is 5.91 Å². The van der Waals surface area contributed by atoms with Crippen molar-refractivity contribution in [3.8, 4) is 0 Å². The van der Waals surface area contributed by atoms with Gasteiger partial charge in [0.05, 0.1) is 6.54 Å². The molecule has 2 unspecified atom stereocenters. The van der Waals surface area contributed by atoms with Gasteiger partial charge in [-0.3, -0.25) is 10.1 Å². The number of nitrogens with one attached hydrogen (secondary N) is 1. The van der Waals surface area contributed by atoms with Crippen molar-refractivity contribution < 1.29 is 9.18 Å². The third-order valence-corrected chi connectivity index (χ3v) is 4.04. The van der Waals surface area contributed by atoms with Crippen LogP contribution in [0.2, 0.25) is 0 Å². The lowest BCUT2D eigenvalue weighted by atomic mass is 10.1. The molecule has 1 saturated heterocycles. The Hall–Kier alpha value is -1.42. The predicted molar refractivity (Wildman–Crippen MR) is 70.8 cm³/mol. The lowest BCUT2D eigenvalue weighted by Gasteiger charge is -2.30. The van der Waals surface area contributed by atoms with Crippen molar-refractivity contribution in [2.45, 2.75) is 38.4 Å². The SMILES string of the molecule is CC(CC1CC1)N1C(=O)CNC1c1ccc(F)cc1. The van der Waals surface area contributed by atoms with Crippen molar-refractivity contribution in [1.29, 1.82) is 0 Å². The van der Waals surface area contributed by atoms with Gasteiger partial charge in [-0.1, -0.05) is 25.0 Å². The van der Waals surface area contributed by atoms with E-state index in [0.717, 1.165) is 17.9 Å². The molecule has 0 aromatic heterocycles. The van der Waals surface area contributed by atoms with Crippen LogP contribution in [-0.4, -0.2) is 23.4 Å². The first kappa shape index (κ1) is 12.6. The standard InChI is InChI=1S/C15H19FN2O/c1-10(8-11-2-3-11)18-14(19)9-17-15(18)12-4-6-13(16)7-5-12/h4-7,10-11,15,17H,2-3,8-9H2,1H3. The van der Waals surface area contributed by atoms with E-state index in [1.807, 2.05) is 4.90 Å². The Morgan fingerprint density at radius 1 is 1.37 bits per heavy atom. The number of benzene rings is 1. The molecule has 1 aromatic rings. The third-order valence-electron chi connectivity index (χ3n) is 4.04. The number of carbonyl (C=O) groups excluding carboxylic acids is 1. The minimum Gasteiger partial charge on any atom is -0.319 e. The van der Waals surface area contributed by atoms with Gasteiger partial charge in [0.15, 0.2) is 0 Å². The summed E-state index contributed by atoms with van der Waals surface area (Å²) in [5.41, 5.74) is 0.954. The van der Waals surface area contributed by atoms with E-state index in [2.05, 4.69) is 12.2 Å². The second-order valence-electron chi connectivity index (χ2n) is 5.66. The van der Waals surface area contributed by atoms with E-state index >= 15 is 0 Å². The van der Waals surface area contributed by atoms with Gasteiger partial charge in [0.1, 0.15) is 12.0 Å². The number of carbonyl (C=O) groups is 1. The molecule has 0 spiro atoms. The zero-order chi connectivity index (χ0) is 13.4. The van der Waals surface area contributed by atoms with Crippen molar-refractivity contribution in [3.63, 3.8) is 0 Å². The fourth-order valence-electron chi connectivity index (χ4n) is 2.89. The van der Waals surface area contributed by atoms with Crippen LogP contribution in [0.1, 0.15) is 37.9 Å². The quantitative estimate of drug-likeness (QED) is 0.904. The molecule has 1 N–H and O–H groups in total. The van der Waals surface area contributed by atoms with Crippen LogP contribution >= 0.6 is 0 Å². The minimum absolute atomic E-state index is 0.109. The molecule has 4 heteroatoms. The van der Waals surface area contributed by atoms with Crippen molar-refractivity contribution in [1.82, 2.24) is 10.2 Å². The summed E-state index contributed by atoms with van der Waals surface area (Å²) in [6, 6.07) is 6.64. The largest absolute Gasteiger partial charge is 0.319 e. The number of hydrogen-bond acceptors (Lipinski definition) is 2. The molecule has 3 nitrogen and oxygen atoms in total. The first-order valence-corrected chi connectivity index (χ1v) is 6.95. The monoisotopic (exact) mass is 262 g/mol. The third kappa shape index (κ3) is 2.63. The summed E-state index contributed by atoms with van der Waals surface area (Å²) in [4.78, 5) is 14.0. The highest BCUT2D eigenvalue weighted by atomic mass is 19.1. The molecule has 0 radical (unpaired) electrons. The van der Waals surface area contributed by atoms with Gasteiger partial charge in [-0.15, -0.1) is 0 Å². The van der Waals surface area contributed by atoms with Gasteiger partial charge in [0.25, 0.3) is 0 Å². The molecule has 2 aliphatic rings. The van der Waals surface area contributed by atoms with Crippen molar-refractivity contribution in [2.24, 2.45) is 5.92 Å². The highest BCUT2D eigenvalue weighted by Gasteiger charge is 2.37. The Bertz CT molecular complexity index is 470. The topological polar surface area (TPSA) is 32.3 Å². The number of nitrogens with zero attached hydrogens (tertiary/aromatic N) is 1. The van der Waals surface area contributed by atoms with Crippen LogP contribution in [0.25, 0.3) is 0 Å². The van der Waals surface area contributed by atoms with E-state index in [0.29, 0.717) is 6.54 Å². The summed E-state index contributed by atoms with van der Waals surface area (Å²) in [7, 11) is 0. The highest BCUT2D eigenvalue weighted by molar-refractivity contribution is 5.81. The fourth-order valence-corrected chi connectivity index (χ4v) is 2.89. The molecule has 0 bridgehead atoms. The smallest absolute Gasteiger partial charge is 0.238 e. The fraction of sp³-hybridized carbons (Fsp3) is 0.533. The second-order valence-corrected chi connectivity index (χ2v) is 5.66. The first-order valence-electron chi connectivity index (χ1n) is 6.95. The van der Waals surface area contributed by atoms with E-state index < -0.39 is 0 Å². The Morgan fingerprint density at radius 3 is 2.68 bits per heavy atom. The van der Waals surface area contributed by atoms with Crippen LogP contribution in [-0.2, 0) is 4.79 Å².